The van der Waals surface area contributed by atoms with E-state index in [1.807, 2.05) is 12.1 Å². The second-order valence-corrected chi connectivity index (χ2v) is 5.07. The molecule has 5 heteroatoms. The minimum Gasteiger partial charge on any atom is -0.388 e. The Morgan fingerprint density at radius 2 is 1.76 bits per heavy atom. The molecule has 1 saturated heterocycles. The molecule has 0 bridgehead atoms. The van der Waals surface area contributed by atoms with Gasteiger partial charge >= 0.3 is 0 Å². The van der Waals surface area contributed by atoms with Crippen molar-refractivity contribution in [3.05, 3.63) is 29.8 Å². The fourth-order valence-electron chi connectivity index (χ4n) is 2.02. The lowest BCUT2D eigenvalue weighted by Gasteiger charge is -2.21. The Kier molecular flexibility index (Phi) is 3.81. The van der Waals surface area contributed by atoms with Crippen molar-refractivity contribution >= 4 is 14.5 Å². The molecular weight excluding hydrogens is 239 g/mol. The van der Waals surface area contributed by atoms with Crippen LogP contribution in [0.2, 0.25) is 0 Å². The summed E-state index contributed by atoms with van der Waals surface area (Å²) in [5.41, 5.74) is 0.668. The third kappa shape index (κ3) is 2.51. The lowest BCUT2D eigenvalue weighted by Crippen LogP contribution is -2.34. The number of ether oxygens (including phenoxy) is 1. The van der Waals surface area contributed by atoms with E-state index in [0.29, 0.717) is 5.56 Å². The maximum absolute atomic E-state index is 10.1. The number of aliphatic hydroxyl groups is 3. The molecular formula is C12H17O4P. The van der Waals surface area contributed by atoms with Gasteiger partial charge in [-0.15, -0.1) is 9.24 Å². The minimum atomic E-state index is -1.06. The molecule has 0 amide bonds. The second kappa shape index (κ2) is 5.01. The van der Waals surface area contributed by atoms with Crippen molar-refractivity contribution in [1.29, 1.82) is 0 Å². The molecule has 6 unspecified atom stereocenters. The maximum atomic E-state index is 10.1. The van der Waals surface area contributed by atoms with Gasteiger partial charge in [0.05, 0.1) is 6.10 Å². The van der Waals surface area contributed by atoms with Gasteiger partial charge in [-0.25, -0.2) is 0 Å². The molecule has 1 aromatic rings. The van der Waals surface area contributed by atoms with E-state index in [1.54, 1.807) is 19.1 Å². The van der Waals surface area contributed by atoms with E-state index >= 15 is 0 Å². The van der Waals surface area contributed by atoms with E-state index in [-0.39, 0.29) is 0 Å². The summed E-state index contributed by atoms with van der Waals surface area (Å²) in [4.78, 5) is 0. The van der Waals surface area contributed by atoms with Crippen LogP contribution >= 0.6 is 9.24 Å². The summed E-state index contributed by atoms with van der Waals surface area (Å²) in [7, 11) is 2.56. The van der Waals surface area contributed by atoms with Crippen molar-refractivity contribution in [3.63, 3.8) is 0 Å². The molecule has 2 rings (SSSR count). The predicted octanol–water partition coefficient (Wildman–Crippen LogP) is -0.271. The summed E-state index contributed by atoms with van der Waals surface area (Å²) in [6.45, 7) is 1.67. The Morgan fingerprint density at radius 3 is 2.24 bits per heavy atom. The summed E-state index contributed by atoms with van der Waals surface area (Å²) in [5, 5.41) is 30.5. The normalized spacial score (nSPS) is 34.9. The summed E-state index contributed by atoms with van der Waals surface area (Å²) >= 11 is 0. The molecule has 1 aromatic carbocycles. The predicted molar refractivity (Wildman–Crippen MR) is 67.1 cm³/mol. The Labute approximate surface area is 102 Å². The Morgan fingerprint density at radius 1 is 1.18 bits per heavy atom. The molecule has 17 heavy (non-hydrogen) atoms. The van der Waals surface area contributed by atoms with Crippen LogP contribution in [0.15, 0.2) is 24.3 Å². The Bertz CT molecular complexity index is 381. The van der Waals surface area contributed by atoms with Crippen molar-refractivity contribution in [2.24, 2.45) is 0 Å². The van der Waals surface area contributed by atoms with E-state index in [4.69, 9.17) is 4.74 Å². The molecule has 1 fully saturated rings. The number of aliphatic hydroxyl groups excluding tert-OH is 3. The number of hydrogen-bond donors (Lipinski definition) is 3. The van der Waals surface area contributed by atoms with Crippen LogP contribution in [0.25, 0.3) is 0 Å². The third-order valence-electron chi connectivity index (χ3n) is 3.13. The number of rotatable bonds is 2. The van der Waals surface area contributed by atoms with Crippen LogP contribution in [-0.2, 0) is 4.74 Å². The van der Waals surface area contributed by atoms with E-state index in [9.17, 15) is 15.3 Å². The topological polar surface area (TPSA) is 69.9 Å². The smallest absolute Gasteiger partial charge is 0.116 e. The maximum Gasteiger partial charge on any atom is 0.116 e. The second-order valence-electron chi connectivity index (χ2n) is 4.40. The zero-order chi connectivity index (χ0) is 12.6. The lowest BCUT2D eigenvalue weighted by atomic mass is 9.99. The first-order valence-corrected chi connectivity index (χ1v) is 6.13. The van der Waals surface area contributed by atoms with Crippen molar-refractivity contribution < 1.29 is 20.1 Å². The summed E-state index contributed by atoms with van der Waals surface area (Å²) in [6, 6.07) is 7.26. The van der Waals surface area contributed by atoms with Gasteiger partial charge in [-0.3, -0.25) is 0 Å². The van der Waals surface area contributed by atoms with Gasteiger partial charge in [0.2, 0.25) is 0 Å². The third-order valence-corrected chi connectivity index (χ3v) is 3.51. The first kappa shape index (κ1) is 12.9. The van der Waals surface area contributed by atoms with Gasteiger partial charge in [-0.1, -0.05) is 24.3 Å². The molecule has 0 saturated carbocycles. The van der Waals surface area contributed by atoms with E-state index in [2.05, 4.69) is 9.24 Å². The molecule has 4 nitrogen and oxygen atoms in total. The Hall–Kier alpha value is -0.510. The average Bonchev–Trinajstić information content (AvgIpc) is 2.57. The number of hydrogen-bond acceptors (Lipinski definition) is 4. The van der Waals surface area contributed by atoms with Crippen molar-refractivity contribution in [3.8, 4) is 0 Å². The van der Waals surface area contributed by atoms with E-state index < -0.39 is 30.5 Å². The van der Waals surface area contributed by atoms with E-state index in [0.717, 1.165) is 5.30 Å². The molecule has 0 aliphatic carbocycles. The van der Waals surface area contributed by atoms with Gasteiger partial charge in [0.1, 0.15) is 24.4 Å². The summed E-state index contributed by atoms with van der Waals surface area (Å²) < 4.78 is 5.38. The van der Waals surface area contributed by atoms with Crippen molar-refractivity contribution in [2.75, 3.05) is 0 Å². The lowest BCUT2D eigenvalue weighted by molar-refractivity contribution is -0.0635. The van der Waals surface area contributed by atoms with Crippen LogP contribution in [-0.4, -0.2) is 39.7 Å². The van der Waals surface area contributed by atoms with Crippen LogP contribution < -0.4 is 5.30 Å². The van der Waals surface area contributed by atoms with Crippen molar-refractivity contribution in [1.82, 2.24) is 0 Å². The molecule has 3 N–H and O–H groups in total. The summed E-state index contributed by atoms with van der Waals surface area (Å²) in [6.07, 6.45) is -4.19. The van der Waals surface area contributed by atoms with Gasteiger partial charge in [-0.2, -0.15) is 0 Å². The molecule has 6 atom stereocenters. The van der Waals surface area contributed by atoms with Gasteiger partial charge in [-0.05, 0) is 17.8 Å². The molecule has 94 valence electrons. The van der Waals surface area contributed by atoms with Crippen LogP contribution in [0, 0.1) is 0 Å². The van der Waals surface area contributed by atoms with Crippen LogP contribution in [0.1, 0.15) is 18.6 Å². The highest BCUT2D eigenvalue weighted by atomic mass is 31.0. The fourth-order valence-corrected chi connectivity index (χ4v) is 2.22. The van der Waals surface area contributed by atoms with Gasteiger partial charge in [0.25, 0.3) is 0 Å². The highest BCUT2D eigenvalue weighted by Gasteiger charge is 2.44. The van der Waals surface area contributed by atoms with Gasteiger partial charge < -0.3 is 20.1 Å². The van der Waals surface area contributed by atoms with Crippen molar-refractivity contribution in [2.45, 2.75) is 37.4 Å². The highest BCUT2D eigenvalue weighted by molar-refractivity contribution is 7.27. The van der Waals surface area contributed by atoms with Crippen LogP contribution in [0.4, 0.5) is 0 Å². The fraction of sp³-hybridized carbons (Fsp3) is 0.500. The Balaban J connectivity index is 2.15. The van der Waals surface area contributed by atoms with Gasteiger partial charge in [0, 0.05) is 0 Å². The average molecular weight is 256 g/mol. The van der Waals surface area contributed by atoms with Crippen LogP contribution in [0.5, 0.6) is 0 Å². The largest absolute Gasteiger partial charge is 0.388 e. The first-order chi connectivity index (χ1) is 8.00. The molecule has 0 aromatic heterocycles. The zero-order valence-corrected chi connectivity index (χ0v) is 10.7. The first-order valence-electron chi connectivity index (χ1n) is 5.56. The van der Waals surface area contributed by atoms with Gasteiger partial charge in [0.15, 0.2) is 0 Å². The molecule has 1 aliphatic heterocycles. The minimum absolute atomic E-state index is 0.467. The molecule has 1 aliphatic rings. The zero-order valence-electron chi connectivity index (χ0n) is 9.52. The highest BCUT2D eigenvalue weighted by Crippen LogP contribution is 2.30. The SMILES string of the molecule is CC1OC(C(O)c2ccc(P)cc2)C(O)C1O. The van der Waals surface area contributed by atoms with Crippen LogP contribution in [0.3, 0.4) is 0 Å². The molecule has 1 heterocycles. The standard InChI is InChI=1S/C12H17O4P/c1-6-9(13)11(15)12(16-6)10(14)7-2-4-8(17)5-3-7/h2-6,9-15H,17H2,1H3. The molecule has 0 radical (unpaired) electrons. The summed E-state index contributed by atoms with van der Waals surface area (Å²) in [5.74, 6) is 0. The van der Waals surface area contributed by atoms with E-state index in [1.165, 1.54) is 0 Å². The number of benzene rings is 1. The monoisotopic (exact) mass is 256 g/mol. The molecule has 0 spiro atoms. The quantitative estimate of drug-likeness (QED) is 0.637.